The number of carbonyl (C=O) groups is 2. The van der Waals surface area contributed by atoms with Gasteiger partial charge in [0.15, 0.2) is 5.76 Å². The predicted molar refractivity (Wildman–Crippen MR) is 263 cm³/mol. The number of aliphatic hydroxyl groups excluding tert-OH is 1. The monoisotopic (exact) mass is 887 g/mol. The van der Waals surface area contributed by atoms with Crippen LogP contribution in [0.4, 0.5) is 0 Å². The van der Waals surface area contributed by atoms with E-state index in [0.717, 1.165) is 81.9 Å². The first-order valence-electron chi connectivity index (χ1n) is 24.2. The number of carbonyl (C=O) groups excluding carboxylic acids is 2. The average molecular weight is 887 g/mol. The zero-order chi connectivity index (χ0) is 47.3. The van der Waals surface area contributed by atoms with Crippen LogP contribution in [0.5, 0.6) is 0 Å². The average Bonchev–Trinajstić information content (AvgIpc) is 3.99. The molecule has 65 heavy (non-hydrogen) atoms. The summed E-state index contributed by atoms with van der Waals surface area (Å²) >= 11 is 0. The van der Waals surface area contributed by atoms with Crippen molar-refractivity contribution in [2.24, 2.45) is 44.6 Å². The van der Waals surface area contributed by atoms with Crippen LogP contribution in [0.25, 0.3) is 0 Å². The Balaban J connectivity index is 1.22. The quantitative estimate of drug-likeness (QED) is 0.0816. The van der Waals surface area contributed by atoms with Crippen molar-refractivity contribution >= 4 is 29.1 Å². The Bertz CT molecular complexity index is 2350. The molecule has 5 aliphatic heterocycles. The minimum atomic E-state index is -2.55. The lowest BCUT2D eigenvalue weighted by Crippen LogP contribution is -2.44. The van der Waals surface area contributed by atoms with Gasteiger partial charge in [0, 0.05) is 46.4 Å². The molecule has 0 aromatic rings. The summed E-state index contributed by atoms with van der Waals surface area (Å²) in [7, 11) is 1.18. The van der Waals surface area contributed by atoms with Gasteiger partial charge in [-0.2, -0.15) is 0 Å². The first kappa shape index (κ1) is 49.3. The van der Waals surface area contributed by atoms with Gasteiger partial charge in [0.2, 0.25) is 5.60 Å². The number of rotatable bonds is 20. The lowest BCUT2D eigenvalue weighted by Gasteiger charge is -2.26. The highest BCUT2D eigenvalue weighted by Gasteiger charge is 2.59. The van der Waals surface area contributed by atoms with Crippen LogP contribution < -0.4 is 5.32 Å². The van der Waals surface area contributed by atoms with Gasteiger partial charge in [-0.1, -0.05) is 105 Å². The number of aliphatic hydroxyl groups is 2. The predicted octanol–water partition coefficient (Wildman–Crippen LogP) is 12.1. The molecule has 1 aliphatic carbocycles. The van der Waals surface area contributed by atoms with Crippen molar-refractivity contribution in [3.8, 4) is 0 Å². The number of methoxy groups -OCH3 is 1. The molecule has 0 aromatic carbocycles. The smallest absolute Gasteiger partial charge is 0.350 e. The number of nitrogens with zero attached hydrogens (tertiary/aromatic N) is 3. The molecule has 3 N–H and O–H groups in total. The van der Waals surface area contributed by atoms with Gasteiger partial charge in [-0.25, -0.2) is 19.8 Å². The molecule has 6 aliphatic rings. The van der Waals surface area contributed by atoms with E-state index in [0.29, 0.717) is 29.3 Å². The first-order valence-corrected chi connectivity index (χ1v) is 24.2. The Kier molecular flexibility index (Phi) is 16.0. The molecule has 0 radical (unpaired) electrons. The molecule has 0 amide bonds. The van der Waals surface area contributed by atoms with Gasteiger partial charge in [-0.15, -0.1) is 0 Å². The Morgan fingerprint density at radius 3 is 2.18 bits per heavy atom. The van der Waals surface area contributed by atoms with Gasteiger partial charge in [0.1, 0.15) is 6.61 Å². The maximum Gasteiger partial charge on any atom is 0.350 e. The second-order valence-corrected chi connectivity index (χ2v) is 19.7. The molecule has 6 rings (SSSR count). The Morgan fingerprint density at radius 1 is 0.892 bits per heavy atom. The standard InChI is InChI=1S/C55H74N4O6/c1-13-39-35(8)42-28-44-37(10)41(24-25-48(60)65-27-26-34(7)23-17-22-33(6)21-16-20-32(5)19-15-18-31(3)4)51(58-44)50-52-49(53(61)55(50,63)54(62)64-12)38(11)45(59-52)30-47-40(14-2)36(9)43(57-47)29-46(39)56-42/h13,26,28-33,37,41,58,61,63H,1,14-25,27H2,2-12H3/b34-26+,44-28?,46-29?,47-30?,51-50?/t32-,33-,37-,41-,55-/m0/s1. The van der Waals surface area contributed by atoms with Gasteiger partial charge < -0.3 is 25.0 Å². The van der Waals surface area contributed by atoms with E-state index < -0.39 is 23.2 Å². The maximum atomic E-state index is 13.7. The molecule has 0 saturated carbocycles. The zero-order valence-corrected chi connectivity index (χ0v) is 41.0. The summed E-state index contributed by atoms with van der Waals surface area (Å²) in [6.07, 6.45) is 22.0. The van der Waals surface area contributed by atoms with Crippen LogP contribution in [0, 0.1) is 29.6 Å². The zero-order valence-electron chi connectivity index (χ0n) is 41.0. The van der Waals surface area contributed by atoms with E-state index in [1.54, 1.807) is 0 Å². The third-order valence-electron chi connectivity index (χ3n) is 14.5. The fourth-order valence-corrected chi connectivity index (χ4v) is 10.2. The number of fused-ring (bicyclic) bond motifs is 5. The minimum absolute atomic E-state index is 0.0878. The van der Waals surface area contributed by atoms with E-state index in [2.05, 4.69) is 60.4 Å². The highest BCUT2D eigenvalue weighted by atomic mass is 16.5. The minimum Gasteiger partial charge on any atom is -0.507 e. The van der Waals surface area contributed by atoms with Crippen molar-refractivity contribution in [2.75, 3.05) is 13.7 Å². The van der Waals surface area contributed by atoms with Gasteiger partial charge in [-0.05, 0) is 118 Å². The molecular weight excluding hydrogens is 813 g/mol. The molecule has 5 atom stereocenters. The number of allylic oxidation sites excluding steroid dienone is 12. The number of aliphatic imine (C=N–C) groups is 3. The van der Waals surface area contributed by atoms with Gasteiger partial charge in [0.25, 0.3) is 0 Å². The van der Waals surface area contributed by atoms with E-state index in [4.69, 9.17) is 24.5 Å². The number of nitrogens with one attached hydrogen (secondary N) is 1. The van der Waals surface area contributed by atoms with Crippen molar-refractivity contribution < 1.29 is 29.3 Å². The maximum absolute atomic E-state index is 13.7. The summed E-state index contributed by atoms with van der Waals surface area (Å²) in [6.45, 7) is 25.8. The van der Waals surface area contributed by atoms with Crippen LogP contribution in [-0.2, 0) is 19.1 Å². The second kappa shape index (κ2) is 21.0. The van der Waals surface area contributed by atoms with Gasteiger partial charge >= 0.3 is 11.9 Å². The van der Waals surface area contributed by atoms with Crippen LogP contribution in [0.2, 0.25) is 0 Å². The number of hydrogen-bond donors (Lipinski definition) is 3. The summed E-state index contributed by atoms with van der Waals surface area (Å²) in [5, 5.41) is 27.9. The van der Waals surface area contributed by atoms with Crippen LogP contribution in [-0.4, -0.2) is 58.6 Å². The molecule has 1 saturated heterocycles. The molecular formula is C55H74N4O6. The number of esters is 2. The highest BCUT2D eigenvalue weighted by Crippen LogP contribution is 2.51. The lowest BCUT2D eigenvalue weighted by molar-refractivity contribution is -0.156. The molecule has 350 valence electrons. The summed E-state index contributed by atoms with van der Waals surface area (Å²) in [5.41, 5.74) is 8.67. The van der Waals surface area contributed by atoms with Crippen molar-refractivity contribution in [1.82, 2.24) is 5.32 Å². The summed E-state index contributed by atoms with van der Waals surface area (Å²) in [6, 6.07) is 0. The topological polar surface area (TPSA) is 142 Å². The number of hydrogen-bond acceptors (Lipinski definition) is 10. The third-order valence-corrected chi connectivity index (χ3v) is 14.5. The Hall–Kier alpha value is -5.09. The number of ether oxygens (including phenoxy) is 2. The first-order chi connectivity index (χ1) is 30.9. The molecule has 0 unspecified atom stereocenters. The summed E-state index contributed by atoms with van der Waals surface area (Å²) in [4.78, 5) is 42.3. The van der Waals surface area contributed by atoms with E-state index in [1.165, 1.54) is 57.6 Å². The van der Waals surface area contributed by atoms with E-state index in [-0.39, 0.29) is 41.8 Å². The van der Waals surface area contributed by atoms with Crippen molar-refractivity contribution in [3.63, 3.8) is 0 Å². The lowest BCUT2D eigenvalue weighted by atomic mass is 9.83. The van der Waals surface area contributed by atoms with Gasteiger partial charge in [0.05, 0.1) is 41.3 Å². The van der Waals surface area contributed by atoms with Gasteiger partial charge in [-0.3, -0.25) is 4.79 Å². The Morgan fingerprint density at radius 2 is 1.54 bits per heavy atom. The van der Waals surface area contributed by atoms with Crippen molar-refractivity contribution in [3.05, 3.63) is 116 Å². The fourth-order valence-electron chi connectivity index (χ4n) is 10.2. The Labute approximate surface area is 388 Å². The SMILES string of the molecule is C=CC1=C(C)C2=NC1=CC1=NC(=CC3=C(C)C4=C(O)[C@](O)(C(=O)OC)C(=C5NC(=C2)[C@@H](C)[C@@H]5CCC(=O)OC/C=C(\C)CCC[C@@H](C)CCC[C@@H](C)CCCC(C)C)C4=N3)C(CC)=C1C. The molecule has 10 heteroatoms. The van der Waals surface area contributed by atoms with E-state index >= 15 is 0 Å². The molecule has 5 heterocycles. The fraction of sp³-hybridized carbons (Fsp3) is 0.545. The summed E-state index contributed by atoms with van der Waals surface area (Å²) < 4.78 is 10.9. The van der Waals surface area contributed by atoms with Crippen LogP contribution in [0.1, 0.15) is 146 Å². The molecule has 8 bridgehead atoms. The molecule has 1 fully saturated rings. The highest BCUT2D eigenvalue weighted by molar-refractivity contribution is 6.26. The van der Waals surface area contributed by atoms with Crippen molar-refractivity contribution in [1.29, 1.82) is 0 Å². The molecule has 10 nitrogen and oxygen atoms in total. The van der Waals surface area contributed by atoms with Crippen LogP contribution in [0.3, 0.4) is 0 Å². The van der Waals surface area contributed by atoms with Crippen LogP contribution >= 0.6 is 0 Å². The van der Waals surface area contributed by atoms with E-state index in [1.807, 2.05) is 51.2 Å². The van der Waals surface area contributed by atoms with Crippen molar-refractivity contribution in [2.45, 2.75) is 152 Å². The normalized spacial score (nSPS) is 23.7. The third kappa shape index (κ3) is 10.3. The van der Waals surface area contributed by atoms with E-state index in [9.17, 15) is 19.8 Å². The van der Waals surface area contributed by atoms with Crippen LogP contribution in [0.15, 0.2) is 131 Å². The largest absolute Gasteiger partial charge is 0.507 e. The second-order valence-electron chi connectivity index (χ2n) is 19.7. The summed E-state index contributed by atoms with van der Waals surface area (Å²) in [5.74, 6) is -0.273. The molecule has 0 aromatic heterocycles. The molecule has 0 spiro atoms.